The molecule has 0 atom stereocenters. The molecule has 132 valence electrons. The first-order valence-electron chi connectivity index (χ1n) is 8.41. The molecule has 3 heterocycles. The number of hydrogen-bond acceptors (Lipinski definition) is 5. The molecular weight excluding hydrogens is 320 g/mol. The van der Waals surface area contributed by atoms with E-state index >= 15 is 0 Å². The molecule has 7 heteroatoms. The summed E-state index contributed by atoms with van der Waals surface area (Å²) in [6.07, 6.45) is 3.54. The Hall–Kier alpha value is -2.83. The fourth-order valence-corrected chi connectivity index (χ4v) is 2.85. The SMILES string of the molecule is Cc1ccoc1C(=O)NCCC(=O)N1CCN(c2ccccn2)CC1. The highest BCUT2D eigenvalue weighted by atomic mass is 16.3. The maximum atomic E-state index is 12.3. The predicted octanol–water partition coefficient (Wildman–Crippen LogP) is 1.45. The van der Waals surface area contributed by atoms with Gasteiger partial charge in [0.1, 0.15) is 5.82 Å². The Kier molecular flexibility index (Phi) is 5.33. The van der Waals surface area contributed by atoms with Crippen LogP contribution >= 0.6 is 0 Å². The van der Waals surface area contributed by atoms with Crippen LogP contribution in [-0.4, -0.2) is 54.4 Å². The Balaban J connectivity index is 1.41. The zero-order chi connectivity index (χ0) is 17.6. The first-order valence-corrected chi connectivity index (χ1v) is 8.41. The van der Waals surface area contributed by atoms with E-state index in [0.29, 0.717) is 25.4 Å². The Morgan fingerprint density at radius 3 is 2.64 bits per heavy atom. The van der Waals surface area contributed by atoms with Crippen LogP contribution in [0.2, 0.25) is 0 Å². The van der Waals surface area contributed by atoms with Gasteiger partial charge in [-0.3, -0.25) is 9.59 Å². The monoisotopic (exact) mass is 342 g/mol. The molecule has 2 aromatic heterocycles. The fraction of sp³-hybridized carbons (Fsp3) is 0.389. The zero-order valence-corrected chi connectivity index (χ0v) is 14.3. The molecule has 1 N–H and O–H groups in total. The van der Waals surface area contributed by atoms with Gasteiger partial charge < -0.3 is 19.5 Å². The van der Waals surface area contributed by atoms with Crippen LogP contribution in [0.15, 0.2) is 41.1 Å². The number of pyridine rings is 1. The summed E-state index contributed by atoms with van der Waals surface area (Å²) < 4.78 is 5.13. The van der Waals surface area contributed by atoms with E-state index in [2.05, 4.69) is 15.2 Å². The van der Waals surface area contributed by atoms with E-state index in [4.69, 9.17) is 4.42 Å². The minimum atomic E-state index is -0.282. The van der Waals surface area contributed by atoms with Crippen LogP contribution in [0.25, 0.3) is 0 Å². The molecule has 0 saturated carbocycles. The summed E-state index contributed by atoms with van der Waals surface area (Å²) in [5.41, 5.74) is 0.787. The van der Waals surface area contributed by atoms with Gasteiger partial charge in [0.15, 0.2) is 5.76 Å². The van der Waals surface area contributed by atoms with Crippen LogP contribution in [0.5, 0.6) is 0 Å². The van der Waals surface area contributed by atoms with E-state index in [1.165, 1.54) is 6.26 Å². The Bertz CT molecular complexity index is 721. The molecule has 1 aliphatic rings. The second-order valence-electron chi connectivity index (χ2n) is 5.99. The third-order valence-corrected chi connectivity index (χ3v) is 4.30. The number of hydrogen-bond donors (Lipinski definition) is 1. The number of aromatic nitrogens is 1. The molecule has 1 saturated heterocycles. The van der Waals surface area contributed by atoms with Crippen molar-refractivity contribution in [3.63, 3.8) is 0 Å². The van der Waals surface area contributed by atoms with Gasteiger partial charge in [-0.25, -0.2) is 4.98 Å². The van der Waals surface area contributed by atoms with Crippen molar-refractivity contribution >= 4 is 17.6 Å². The van der Waals surface area contributed by atoms with Gasteiger partial charge >= 0.3 is 0 Å². The predicted molar refractivity (Wildman–Crippen MR) is 93.4 cm³/mol. The molecule has 1 aliphatic heterocycles. The van der Waals surface area contributed by atoms with Crippen LogP contribution in [-0.2, 0) is 4.79 Å². The normalized spacial score (nSPS) is 14.4. The summed E-state index contributed by atoms with van der Waals surface area (Å²) in [7, 11) is 0. The van der Waals surface area contributed by atoms with Gasteiger partial charge in [0.25, 0.3) is 5.91 Å². The first kappa shape index (κ1) is 17.0. The lowest BCUT2D eigenvalue weighted by atomic mass is 10.2. The van der Waals surface area contributed by atoms with Gasteiger partial charge in [-0.1, -0.05) is 6.07 Å². The minimum Gasteiger partial charge on any atom is -0.459 e. The number of amides is 2. The Morgan fingerprint density at radius 2 is 2.00 bits per heavy atom. The average molecular weight is 342 g/mol. The maximum Gasteiger partial charge on any atom is 0.287 e. The molecule has 25 heavy (non-hydrogen) atoms. The first-order chi connectivity index (χ1) is 12.1. The van der Waals surface area contributed by atoms with Crippen molar-refractivity contribution in [3.8, 4) is 0 Å². The van der Waals surface area contributed by atoms with Crippen molar-refractivity contribution < 1.29 is 14.0 Å². The molecule has 3 rings (SSSR count). The van der Waals surface area contributed by atoms with Crippen molar-refractivity contribution in [1.29, 1.82) is 0 Å². The molecule has 0 unspecified atom stereocenters. The molecular formula is C18H22N4O3. The molecule has 7 nitrogen and oxygen atoms in total. The molecule has 0 aromatic carbocycles. The fourth-order valence-electron chi connectivity index (χ4n) is 2.85. The number of carbonyl (C=O) groups excluding carboxylic acids is 2. The van der Waals surface area contributed by atoms with Crippen LogP contribution in [0.3, 0.4) is 0 Å². The molecule has 0 radical (unpaired) electrons. The van der Waals surface area contributed by atoms with Gasteiger partial charge in [0.2, 0.25) is 5.91 Å². The smallest absolute Gasteiger partial charge is 0.287 e. The van der Waals surface area contributed by atoms with Crippen LogP contribution in [0.4, 0.5) is 5.82 Å². The number of carbonyl (C=O) groups is 2. The van der Waals surface area contributed by atoms with Crippen molar-refractivity contribution in [2.75, 3.05) is 37.6 Å². The third-order valence-electron chi connectivity index (χ3n) is 4.30. The number of furan rings is 1. The highest BCUT2D eigenvalue weighted by Crippen LogP contribution is 2.13. The largest absolute Gasteiger partial charge is 0.459 e. The maximum absolute atomic E-state index is 12.3. The third kappa shape index (κ3) is 4.17. The summed E-state index contributed by atoms with van der Waals surface area (Å²) >= 11 is 0. The van der Waals surface area contributed by atoms with E-state index < -0.39 is 0 Å². The van der Waals surface area contributed by atoms with Crippen molar-refractivity contribution in [2.24, 2.45) is 0 Å². The van der Waals surface area contributed by atoms with Gasteiger partial charge in [0.05, 0.1) is 6.26 Å². The Morgan fingerprint density at radius 1 is 1.20 bits per heavy atom. The molecule has 0 spiro atoms. The molecule has 0 bridgehead atoms. The highest BCUT2D eigenvalue weighted by molar-refractivity contribution is 5.93. The number of rotatable bonds is 5. The van der Waals surface area contributed by atoms with Crippen molar-refractivity contribution in [1.82, 2.24) is 15.2 Å². The number of nitrogens with zero attached hydrogens (tertiary/aromatic N) is 3. The van der Waals surface area contributed by atoms with Crippen LogP contribution < -0.4 is 10.2 Å². The summed E-state index contributed by atoms with van der Waals surface area (Å²) in [4.78, 5) is 32.6. The lowest BCUT2D eigenvalue weighted by Gasteiger charge is -2.35. The lowest BCUT2D eigenvalue weighted by Crippen LogP contribution is -2.49. The highest BCUT2D eigenvalue weighted by Gasteiger charge is 2.21. The van der Waals surface area contributed by atoms with E-state index in [1.807, 2.05) is 30.0 Å². The van der Waals surface area contributed by atoms with Crippen LogP contribution in [0, 0.1) is 6.92 Å². The number of nitrogens with one attached hydrogen (secondary N) is 1. The summed E-state index contributed by atoms with van der Waals surface area (Å²) in [5.74, 6) is 1.01. The van der Waals surface area contributed by atoms with E-state index in [1.54, 1.807) is 12.3 Å². The number of aryl methyl sites for hydroxylation is 1. The van der Waals surface area contributed by atoms with Gasteiger partial charge in [0, 0.05) is 50.9 Å². The second kappa shape index (κ2) is 7.83. The molecule has 2 amide bonds. The average Bonchev–Trinajstić information content (AvgIpc) is 3.08. The summed E-state index contributed by atoms with van der Waals surface area (Å²) in [6.45, 7) is 4.98. The minimum absolute atomic E-state index is 0.0529. The second-order valence-corrected chi connectivity index (χ2v) is 5.99. The topological polar surface area (TPSA) is 78.7 Å². The van der Waals surface area contributed by atoms with Crippen molar-refractivity contribution in [2.45, 2.75) is 13.3 Å². The van der Waals surface area contributed by atoms with E-state index in [0.717, 1.165) is 24.5 Å². The van der Waals surface area contributed by atoms with Gasteiger partial charge in [-0.15, -0.1) is 0 Å². The molecule has 0 aliphatic carbocycles. The molecule has 2 aromatic rings. The van der Waals surface area contributed by atoms with Gasteiger partial charge in [-0.2, -0.15) is 0 Å². The summed E-state index contributed by atoms with van der Waals surface area (Å²) in [5, 5.41) is 2.73. The van der Waals surface area contributed by atoms with Crippen molar-refractivity contribution in [3.05, 3.63) is 48.0 Å². The van der Waals surface area contributed by atoms with E-state index in [-0.39, 0.29) is 18.2 Å². The van der Waals surface area contributed by atoms with Gasteiger partial charge in [-0.05, 0) is 25.1 Å². The molecule has 1 fully saturated rings. The zero-order valence-electron chi connectivity index (χ0n) is 14.3. The Labute approximate surface area is 146 Å². The number of anilines is 1. The summed E-state index contributed by atoms with van der Waals surface area (Å²) in [6, 6.07) is 7.57. The lowest BCUT2D eigenvalue weighted by molar-refractivity contribution is -0.131. The standard InChI is InChI=1S/C18H22N4O3/c1-14-6-13-25-17(14)18(24)20-8-5-16(23)22-11-9-21(10-12-22)15-4-2-3-7-19-15/h2-4,6-7,13H,5,8-12H2,1H3,(H,20,24). The van der Waals surface area contributed by atoms with Crippen LogP contribution in [0.1, 0.15) is 22.5 Å². The van der Waals surface area contributed by atoms with E-state index in [9.17, 15) is 9.59 Å². The number of piperazine rings is 1. The quantitative estimate of drug-likeness (QED) is 0.890.